The molecule has 174 valence electrons. The van der Waals surface area contributed by atoms with E-state index in [4.69, 9.17) is 9.47 Å². The van der Waals surface area contributed by atoms with Crippen molar-refractivity contribution < 1.29 is 24.2 Å². The van der Waals surface area contributed by atoms with Crippen LogP contribution in [0.15, 0.2) is 54.9 Å². The number of H-pyrrole nitrogens is 1. The molecule has 34 heavy (non-hydrogen) atoms. The lowest BCUT2D eigenvalue weighted by atomic mass is 9.95. The number of nitrogens with one attached hydrogen (secondary N) is 2. The van der Waals surface area contributed by atoms with Crippen LogP contribution in [0, 0.1) is 0 Å². The van der Waals surface area contributed by atoms with E-state index < -0.39 is 17.9 Å². The predicted molar refractivity (Wildman–Crippen MR) is 129 cm³/mol. The molecule has 5 rings (SSSR count). The third-order valence-corrected chi connectivity index (χ3v) is 6.06. The van der Waals surface area contributed by atoms with Gasteiger partial charge in [0.05, 0.1) is 43.0 Å². The van der Waals surface area contributed by atoms with E-state index in [0.29, 0.717) is 34.6 Å². The monoisotopic (exact) mass is 459 g/mol. The maximum atomic E-state index is 13.1. The number of fused-ring (bicyclic) bond motifs is 2. The van der Waals surface area contributed by atoms with E-state index in [-0.39, 0.29) is 13.2 Å². The fourth-order valence-electron chi connectivity index (χ4n) is 4.61. The first-order chi connectivity index (χ1) is 16.5. The smallest absolute Gasteiger partial charge is 0.259 e. The molecule has 2 amide bonds. The van der Waals surface area contributed by atoms with Crippen molar-refractivity contribution in [3.63, 3.8) is 0 Å². The molecule has 2 aromatic carbocycles. The fraction of sp³-hybridized carbons (Fsp3) is 0.231. The van der Waals surface area contributed by atoms with Crippen molar-refractivity contribution in [1.29, 1.82) is 0 Å². The molecule has 0 radical (unpaired) electrons. The van der Waals surface area contributed by atoms with Crippen LogP contribution < -0.4 is 10.1 Å². The number of imide groups is 1. The van der Waals surface area contributed by atoms with Gasteiger partial charge in [-0.1, -0.05) is 30.3 Å². The Balaban J connectivity index is 1.74. The van der Waals surface area contributed by atoms with Crippen molar-refractivity contribution >= 4 is 44.8 Å². The first kappa shape index (κ1) is 21.9. The first-order valence-electron chi connectivity index (χ1n) is 11.1. The van der Waals surface area contributed by atoms with E-state index in [1.54, 1.807) is 19.5 Å². The van der Waals surface area contributed by atoms with Gasteiger partial charge in [-0.2, -0.15) is 0 Å². The third kappa shape index (κ3) is 3.57. The van der Waals surface area contributed by atoms with Gasteiger partial charge in [0.2, 0.25) is 0 Å². The fourth-order valence-corrected chi connectivity index (χ4v) is 4.61. The highest BCUT2D eigenvalue weighted by Crippen LogP contribution is 2.40. The maximum Gasteiger partial charge on any atom is 0.259 e. The highest BCUT2D eigenvalue weighted by atomic mass is 16.5. The van der Waals surface area contributed by atoms with Gasteiger partial charge in [-0.25, -0.2) is 0 Å². The highest BCUT2D eigenvalue weighted by Gasteiger charge is 2.35. The number of carbonyl (C=O) groups is 2. The SMILES string of the molecule is CCOCC(O)Cn1cc(C2=C(c3c[nH]c4ccccc34)C(=O)NC2=O)c2cccc(OC)c21. The molecule has 0 saturated carbocycles. The van der Waals surface area contributed by atoms with Crippen LogP contribution in [0.25, 0.3) is 33.0 Å². The zero-order chi connectivity index (χ0) is 23.8. The molecule has 0 aliphatic carbocycles. The molecule has 8 nitrogen and oxygen atoms in total. The van der Waals surface area contributed by atoms with Crippen molar-refractivity contribution in [2.75, 3.05) is 20.3 Å². The summed E-state index contributed by atoms with van der Waals surface area (Å²) in [6, 6.07) is 13.2. The molecule has 1 unspecified atom stereocenters. The van der Waals surface area contributed by atoms with Crippen LogP contribution in [0.1, 0.15) is 18.1 Å². The summed E-state index contributed by atoms with van der Waals surface area (Å²) in [4.78, 5) is 29.2. The van der Waals surface area contributed by atoms with E-state index in [0.717, 1.165) is 21.8 Å². The predicted octanol–water partition coefficient (Wildman–Crippen LogP) is 3.10. The number of ether oxygens (including phenoxy) is 2. The molecule has 1 atom stereocenters. The number of amides is 2. The van der Waals surface area contributed by atoms with Crippen LogP contribution in [0.3, 0.4) is 0 Å². The lowest BCUT2D eigenvalue weighted by Gasteiger charge is -2.13. The Morgan fingerprint density at radius 1 is 1.00 bits per heavy atom. The Morgan fingerprint density at radius 3 is 2.50 bits per heavy atom. The number of hydrogen-bond acceptors (Lipinski definition) is 5. The molecule has 1 aliphatic heterocycles. The summed E-state index contributed by atoms with van der Waals surface area (Å²) in [5.41, 5.74) is 3.48. The van der Waals surface area contributed by atoms with Crippen LogP contribution in [-0.4, -0.2) is 52.9 Å². The Hall–Kier alpha value is -3.88. The Morgan fingerprint density at radius 2 is 1.74 bits per heavy atom. The number of aromatic nitrogens is 2. The minimum absolute atomic E-state index is 0.183. The van der Waals surface area contributed by atoms with E-state index >= 15 is 0 Å². The molecule has 0 fully saturated rings. The van der Waals surface area contributed by atoms with Crippen molar-refractivity contribution in [3.05, 3.63) is 66.0 Å². The molecule has 0 bridgehead atoms. The largest absolute Gasteiger partial charge is 0.495 e. The zero-order valence-electron chi connectivity index (χ0n) is 18.9. The van der Waals surface area contributed by atoms with E-state index in [9.17, 15) is 14.7 Å². The van der Waals surface area contributed by atoms with Crippen molar-refractivity contribution in [3.8, 4) is 5.75 Å². The molecule has 3 N–H and O–H groups in total. The molecular formula is C26H25N3O5. The number of carbonyl (C=O) groups excluding carboxylic acids is 2. The third-order valence-electron chi connectivity index (χ3n) is 6.06. The van der Waals surface area contributed by atoms with Crippen LogP contribution in [-0.2, 0) is 20.9 Å². The number of benzene rings is 2. The number of aliphatic hydroxyl groups excluding tert-OH is 1. The van der Waals surface area contributed by atoms with Gasteiger partial charge in [-0.3, -0.25) is 14.9 Å². The van der Waals surface area contributed by atoms with Gasteiger partial charge in [-0.15, -0.1) is 0 Å². The van der Waals surface area contributed by atoms with Crippen molar-refractivity contribution in [2.45, 2.75) is 19.6 Å². The van der Waals surface area contributed by atoms with E-state index in [1.807, 2.05) is 54.0 Å². The maximum absolute atomic E-state index is 13.1. The average molecular weight is 460 g/mol. The summed E-state index contributed by atoms with van der Waals surface area (Å²) in [7, 11) is 1.57. The second-order valence-electron chi connectivity index (χ2n) is 8.15. The standard InChI is InChI=1S/C26H25N3O5/c1-3-34-14-15(30)12-29-13-19(17-8-6-10-21(33-2)24(17)29)23-22(25(31)28-26(23)32)18-11-27-20-9-5-4-7-16(18)20/h4-11,13,15,27,30H,3,12,14H2,1-2H3,(H,28,31,32). The number of aromatic amines is 1. The summed E-state index contributed by atoms with van der Waals surface area (Å²) in [6.07, 6.45) is 2.79. The Kier molecular flexibility index (Phi) is 5.69. The molecule has 4 aromatic rings. The summed E-state index contributed by atoms with van der Waals surface area (Å²) in [6.45, 7) is 2.79. The average Bonchev–Trinajstić information content (AvgIpc) is 3.50. The Bertz CT molecular complexity index is 1450. The minimum atomic E-state index is -0.755. The van der Waals surface area contributed by atoms with Gasteiger partial charge in [0.1, 0.15) is 5.75 Å². The van der Waals surface area contributed by atoms with Gasteiger partial charge >= 0.3 is 0 Å². The number of nitrogens with zero attached hydrogens (tertiary/aromatic N) is 1. The first-order valence-corrected chi connectivity index (χ1v) is 11.1. The van der Waals surface area contributed by atoms with Crippen LogP contribution in [0.4, 0.5) is 0 Å². The minimum Gasteiger partial charge on any atom is -0.495 e. The number of para-hydroxylation sites is 2. The molecule has 1 aliphatic rings. The van der Waals surface area contributed by atoms with Gasteiger partial charge in [0, 0.05) is 46.4 Å². The van der Waals surface area contributed by atoms with Gasteiger partial charge in [-0.05, 0) is 19.1 Å². The Labute approximate surface area is 195 Å². The van der Waals surface area contributed by atoms with E-state index in [2.05, 4.69) is 10.3 Å². The quantitative estimate of drug-likeness (QED) is 0.351. The van der Waals surface area contributed by atoms with E-state index in [1.165, 1.54) is 0 Å². The van der Waals surface area contributed by atoms with Crippen LogP contribution in [0.5, 0.6) is 5.75 Å². The van der Waals surface area contributed by atoms with Crippen molar-refractivity contribution in [1.82, 2.24) is 14.9 Å². The molecule has 0 spiro atoms. The summed E-state index contributed by atoms with van der Waals surface area (Å²) in [5.74, 6) is -0.293. The summed E-state index contributed by atoms with van der Waals surface area (Å²) < 4.78 is 12.8. The molecule has 2 aromatic heterocycles. The van der Waals surface area contributed by atoms with Gasteiger partial charge in [0.15, 0.2) is 0 Å². The second kappa shape index (κ2) is 8.81. The normalized spacial score (nSPS) is 14.9. The number of methoxy groups -OCH3 is 1. The summed E-state index contributed by atoms with van der Waals surface area (Å²) in [5, 5.41) is 14.6. The molecular weight excluding hydrogens is 434 g/mol. The number of rotatable bonds is 8. The second-order valence-corrected chi connectivity index (χ2v) is 8.15. The van der Waals surface area contributed by atoms with Crippen LogP contribution in [0.2, 0.25) is 0 Å². The lowest BCUT2D eigenvalue weighted by Crippen LogP contribution is -2.22. The lowest BCUT2D eigenvalue weighted by molar-refractivity contribution is -0.122. The molecule has 3 heterocycles. The number of aliphatic hydroxyl groups is 1. The number of hydrogen-bond donors (Lipinski definition) is 3. The van der Waals surface area contributed by atoms with Crippen molar-refractivity contribution in [2.24, 2.45) is 0 Å². The topological polar surface area (TPSA) is 106 Å². The zero-order valence-corrected chi connectivity index (χ0v) is 18.9. The highest BCUT2D eigenvalue weighted by molar-refractivity contribution is 6.50. The summed E-state index contributed by atoms with van der Waals surface area (Å²) >= 11 is 0. The van der Waals surface area contributed by atoms with Gasteiger partial charge in [0.25, 0.3) is 11.8 Å². The van der Waals surface area contributed by atoms with Crippen LogP contribution >= 0.6 is 0 Å². The van der Waals surface area contributed by atoms with Gasteiger partial charge < -0.3 is 24.1 Å². The molecule has 0 saturated heterocycles. The molecule has 8 heteroatoms.